The lowest BCUT2D eigenvalue weighted by Gasteiger charge is -2.13. The van der Waals surface area contributed by atoms with Crippen molar-refractivity contribution in [1.82, 2.24) is 25.5 Å². The van der Waals surface area contributed by atoms with Crippen LogP contribution in [-0.4, -0.2) is 47.1 Å². The van der Waals surface area contributed by atoms with Gasteiger partial charge in [-0.25, -0.2) is 9.48 Å². The molecule has 4 rings (SSSR count). The van der Waals surface area contributed by atoms with Crippen molar-refractivity contribution in [2.24, 2.45) is 0 Å². The van der Waals surface area contributed by atoms with E-state index in [9.17, 15) is 4.79 Å². The molecule has 0 aliphatic rings. The number of rotatable bonds is 9. The summed E-state index contributed by atoms with van der Waals surface area (Å²) in [6.07, 6.45) is 2.43. The summed E-state index contributed by atoms with van der Waals surface area (Å²) in [6.45, 7) is 2.50. The molecule has 180 valence electrons. The number of aryl methyl sites for hydroxylation is 1. The smallest absolute Gasteiger partial charge is 0.412 e. The number of benzene rings is 3. The maximum absolute atomic E-state index is 12.6. The van der Waals surface area contributed by atoms with Gasteiger partial charge < -0.3 is 19.5 Å². The lowest BCUT2D eigenvalue weighted by molar-refractivity contribution is 0.200. The van der Waals surface area contributed by atoms with E-state index in [2.05, 4.69) is 33.8 Å². The Labute approximate surface area is 203 Å². The Kier molecular flexibility index (Phi) is 7.57. The van der Waals surface area contributed by atoms with Crippen LogP contribution in [0.4, 0.5) is 4.79 Å². The Morgan fingerprint density at radius 2 is 1.83 bits per heavy atom. The highest BCUT2D eigenvalue weighted by Gasteiger charge is 2.12. The van der Waals surface area contributed by atoms with E-state index in [0.29, 0.717) is 35.9 Å². The summed E-state index contributed by atoms with van der Waals surface area (Å²) in [4.78, 5) is 12.6. The summed E-state index contributed by atoms with van der Waals surface area (Å²) in [5.41, 5.74) is 4.84. The molecular weight excluding hydrogens is 446 g/mol. The lowest BCUT2D eigenvalue weighted by atomic mass is 9.97. The van der Waals surface area contributed by atoms with E-state index >= 15 is 0 Å². The monoisotopic (exact) mass is 473 g/mol. The summed E-state index contributed by atoms with van der Waals surface area (Å²) >= 11 is 0. The standard InChI is InChI=1S/C26H27N5O4/c1-4-19-7-5-6-8-23(19)20-14-21(31-17-28-29-30-31)16-22(15-20)35-26(32)27-12-11-18-9-10-24(33-2)25(13-18)34-3/h5-10,13-17H,4,11-12H2,1-3H3,(H,27,32). The normalized spacial score (nSPS) is 10.6. The molecule has 0 atom stereocenters. The van der Waals surface area contributed by atoms with E-state index < -0.39 is 6.09 Å². The van der Waals surface area contributed by atoms with Gasteiger partial charge in [0.05, 0.1) is 19.9 Å². The van der Waals surface area contributed by atoms with E-state index in [4.69, 9.17) is 14.2 Å². The molecule has 0 aliphatic carbocycles. The molecule has 35 heavy (non-hydrogen) atoms. The minimum Gasteiger partial charge on any atom is -0.493 e. The van der Waals surface area contributed by atoms with Gasteiger partial charge in [0.25, 0.3) is 0 Å². The van der Waals surface area contributed by atoms with Gasteiger partial charge in [0.1, 0.15) is 12.1 Å². The predicted molar refractivity (Wildman–Crippen MR) is 131 cm³/mol. The average molecular weight is 474 g/mol. The van der Waals surface area contributed by atoms with Crippen molar-refractivity contribution < 1.29 is 19.0 Å². The third-order valence-corrected chi connectivity index (χ3v) is 5.56. The van der Waals surface area contributed by atoms with Gasteiger partial charge in [-0.05, 0) is 69.8 Å². The van der Waals surface area contributed by atoms with Gasteiger partial charge in [-0.15, -0.1) is 5.10 Å². The van der Waals surface area contributed by atoms with Crippen LogP contribution in [0.25, 0.3) is 16.8 Å². The van der Waals surface area contributed by atoms with Crippen LogP contribution in [0, 0.1) is 0 Å². The lowest BCUT2D eigenvalue weighted by Crippen LogP contribution is -2.28. The number of tetrazole rings is 1. The summed E-state index contributed by atoms with van der Waals surface area (Å²) in [5, 5.41) is 14.2. The minimum atomic E-state index is -0.547. The van der Waals surface area contributed by atoms with Crippen LogP contribution in [0.2, 0.25) is 0 Å². The minimum absolute atomic E-state index is 0.391. The number of nitrogens with zero attached hydrogens (tertiary/aromatic N) is 4. The maximum atomic E-state index is 12.6. The second kappa shape index (κ2) is 11.1. The van der Waals surface area contributed by atoms with Gasteiger partial charge in [-0.1, -0.05) is 37.3 Å². The number of hydrogen-bond donors (Lipinski definition) is 1. The third kappa shape index (κ3) is 5.75. The van der Waals surface area contributed by atoms with Crippen LogP contribution in [0.3, 0.4) is 0 Å². The first kappa shape index (κ1) is 23.7. The fourth-order valence-electron chi connectivity index (χ4n) is 3.81. The predicted octanol–water partition coefficient (Wildman–Crippen LogP) is 4.24. The molecule has 0 fully saturated rings. The zero-order valence-electron chi connectivity index (χ0n) is 19.9. The molecule has 4 aromatic rings. The summed E-state index contributed by atoms with van der Waals surface area (Å²) in [5.74, 6) is 1.70. The quantitative estimate of drug-likeness (QED) is 0.388. The van der Waals surface area contributed by atoms with Crippen molar-refractivity contribution in [3.63, 3.8) is 0 Å². The highest BCUT2D eigenvalue weighted by molar-refractivity contribution is 5.75. The molecule has 1 aromatic heterocycles. The van der Waals surface area contributed by atoms with Crippen LogP contribution in [0.5, 0.6) is 17.2 Å². The van der Waals surface area contributed by atoms with Gasteiger partial charge in [0.2, 0.25) is 0 Å². The van der Waals surface area contributed by atoms with E-state index in [-0.39, 0.29) is 0 Å². The van der Waals surface area contributed by atoms with Crippen molar-refractivity contribution in [1.29, 1.82) is 0 Å². The zero-order valence-corrected chi connectivity index (χ0v) is 19.9. The largest absolute Gasteiger partial charge is 0.493 e. The molecule has 9 nitrogen and oxygen atoms in total. The second-order valence-corrected chi connectivity index (χ2v) is 7.74. The molecule has 0 bridgehead atoms. The molecule has 1 amide bonds. The van der Waals surface area contributed by atoms with Gasteiger partial charge in [-0.2, -0.15) is 0 Å². The highest BCUT2D eigenvalue weighted by atomic mass is 16.6. The molecule has 0 saturated carbocycles. The molecule has 3 aromatic carbocycles. The van der Waals surface area contributed by atoms with Crippen LogP contribution in [-0.2, 0) is 12.8 Å². The zero-order chi connectivity index (χ0) is 24.6. The van der Waals surface area contributed by atoms with Gasteiger partial charge in [-0.3, -0.25) is 0 Å². The number of hydrogen-bond acceptors (Lipinski definition) is 7. The number of carbonyl (C=O) groups is 1. The number of nitrogens with one attached hydrogen (secondary N) is 1. The number of aromatic nitrogens is 4. The van der Waals surface area contributed by atoms with E-state index in [0.717, 1.165) is 23.1 Å². The second-order valence-electron chi connectivity index (χ2n) is 7.74. The fraction of sp³-hybridized carbons (Fsp3) is 0.231. The maximum Gasteiger partial charge on any atom is 0.412 e. The van der Waals surface area contributed by atoms with Crippen LogP contribution < -0.4 is 19.5 Å². The Bertz CT molecular complexity index is 1290. The van der Waals surface area contributed by atoms with Crippen molar-refractivity contribution in [3.8, 4) is 34.1 Å². The molecule has 0 spiro atoms. The third-order valence-electron chi connectivity index (χ3n) is 5.56. The first-order chi connectivity index (χ1) is 17.1. The molecule has 1 N–H and O–H groups in total. The first-order valence-electron chi connectivity index (χ1n) is 11.2. The summed E-state index contributed by atoms with van der Waals surface area (Å²) in [7, 11) is 3.18. The van der Waals surface area contributed by atoms with E-state index in [1.165, 1.54) is 16.6 Å². The molecule has 9 heteroatoms. The van der Waals surface area contributed by atoms with Crippen molar-refractivity contribution in [2.75, 3.05) is 20.8 Å². The SMILES string of the molecule is CCc1ccccc1-c1cc(OC(=O)NCCc2ccc(OC)c(OC)c2)cc(-n2cnnn2)c1. The summed E-state index contributed by atoms with van der Waals surface area (Å²) in [6, 6.07) is 19.3. The number of carbonyl (C=O) groups excluding carboxylic acids is 1. The molecule has 0 saturated heterocycles. The van der Waals surface area contributed by atoms with Crippen molar-refractivity contribution in [2.45, 2.75) is 19.8 Å². The van der Waals surface area contributed by atoms with Gasteiger partial charge in [0, 0.05) is 12.6 Å². The fourth-order valence-corrected chi connectivity index (χ4v) is 3.81. The van der Waals surface area contributed by atoms with Crippen LogP contribution in [0.15, 0.2) is 67.0 Å². The molecular formula is C26H27N5O4. The molecule has 0 aliphatic heterocycles. The number of ether oxygens (including phenoxy) is 3. The van der Waals surface area contributed by atoms with Crippen LogP contribution >= 0.6 is 0 Å². The van der Waals surface area contributed by atoms with Gasteiger partial charge >= 0.3 is 6.09 Å². The van der Waals surface area contributed by atoms with Crippen LogP contribution in [0.1, 0.15) is 18.1 Å². The Balaban J connectivity index is 1.49. The Hall–Kier alpha value is -4.40. The molecule has 0 radical (unpaired) electrons. The van der Waals surface area contributed by atoms with E-state index in [1.54, 1.807) is 20.3 Å². The number of amides is 1. The van der Waals surface area contributed by atoms with Crippen molar-refractivity contribution in [3.05, 3.63) is 78.1 Å². The van der Waals surface area contributed by atoms with Crippen molar-refractivity contribution >= 4 is 6.09 Å². The Morgan fingerprint density at radius 1 is 1.00 bits per heavy atom. The molecule has 1 heterocycles. The average Bonchev–Trinajstić information content (AvgIpc) is 3.43. The molecule has 0 unspecified atom stereocenters. The van der Waals surface area contributed by atoms with Gasteiger partial charge in [0.15, 0.2) is 11.5 Å². The van der Waals surface area contributed by atoms with E-state index in [1.807, 2.05) is 48.5 Å². The summed E-state index contributed by atoms with van der Waals surface area (Å²) < 4.78 is 17.8. The first-order valence-corrected chi connectivity index (χ1v) is 11.2. The Morgan fingerprint density at radius 3 is 2.57 bits per heavy atom. The highest BCUT2D eigenvalue weighted by Crippen LogP contribution is 2.31. The number of methoxy groups -OCH3 is 2. The topological polar surface area (TPSA) is 100 Å².